The molecule has 1 aliphatic rings. The quantitative estimate of drug-likeness (QED) is 0.316. The highest BCUT2D eigenvalue weighted by Crippen LogP contribution is 2.38. The Labute approximate surface area is 219 Å². The lowest BCUT2D eigenvalue weighted by atomic mass is 10.0. The molecule has 0 amide bonds. The van der Waals surface area contributed by atoms with Gasteiger partial charge < -0.3 is 30.2 Å². The van der Waals surface area contributed by atoms with E-state index in [2.05, 4.69) is 70.1 Å². The van der Waals surface area contributed by atoms with E-state index in [-0.39, 0.29) is 0 Å². The number of aryl methyl sites for hydroxylation is 3. The molecule has 8 nitrogen and oxygen atoms in total. The summed E-state index contributed by atoms with van der Waals surface area (Å²) in [5.74, 6) is 1.21. The zero-order valence-electron chi connectivity index (χ0n) is 22.5. The lowest BCUT2D eigenvalue weighted by molar-refractivity contribution is 0.413. The van der Waals surface area contributed by atoms with Crippen molar-refractivity contribution in [3.8, 4) is 17.0 Å². The Morgan fingerprint density at radius 3 is 2.76 bits per heavy atom. The van der Waals surface area contributed by atoms with Crippen molar-refractivity contribution in [2.75, 3.05) is 57.3 Å². The standard InChI is InChI=1S/C29H37N7O/c1-6-19-17-31-29(32-24-15-23(30)25(16-26(24)37-5)35(4)14-13-34(2)3)33-27(19)22-18-36-12-8-10-20-9-7-11-21(22)28(20)36/h7,9,11,15-18H,6,8,10,12-14,30H2,1-5H3,(H,31,32,33). The van der Waals surface area contributed by atoms with Gasteiger partial charge in [0.05, 0.1) is 35.4 Å². The highest BCUT2D eigenvalue weighted by molar-refractivity contribution is 5.98. The lowest BCUT2D eigenvalue weighted by Gasteiger charge is -2.24. The summed E-state index contributed by atoms with van der Waals surface area (Å²) in [5.41, 5.74) is 14.8. The third-order valence-corrected chi connectivity index (χ3v) is 7.22. The number of nitrogens with two attached hydrogens (primary N) is 1. The first-order valence-corrected chi connectivity index (χ1v) is 13.0. The predicted molar refractivity (Wildman–Crippen MR) is 153 cm³/mol. The van der Waals surface area contributed by atoms with Crippen molar-refractivity contribution >= 4 is 33.9 Å². The summed E-state index contributed by atoms with van der Waals surface area (Å²) < 4.78 is 8.11. The van der Waals surface area contributed by atoms with Crippen LogP contribution in [0, 0.1) is 0 Å². The Hall–Kier alpha value is -3.78. The van der Waals surface area contributed by atoms with Gasteiger partial charge in [-0.1, -0.05) is 25.1 Å². The number of nitrogen functional groups attached to an aromatic ring is 1. The Bertz CT molecular complexity index is 1430. The Morgan fingerprint density at radius 1 is 1.16 bits per heavy atom. The molecule has 37 heavy (non-hydrogen) atoms. The van der Waals surface area contributed by atoms with Crippen LogP contribution in [-0.4, -0.2) is 60.8 Å². The van der Waals surface area contributed by atoms with Crippen LogP contribution in [0.5, 0.6) is 5.75 Å². The first-order chi connectivity index (χ1) is 17.9. The van der Waals surface area contributed by atoms with Gasteiger partial charge >= 0.3 is 0 Å². The van der Waals surface area contributed by atoms with Crippen molar-refractivity contribution in [1.29, 1.82) is 0 Å². The summed E-state index contributed by atoms with van der Waals surface area (Å²) in [6, 6.07) is 10.5. The van der Waals surface area contributed by atoms with Crippen molar-refractivity contribution in [3.05, 3.63) is 53.9 Å². The fraction of sp³-hybridized carbons (Fsp3) is 0.379. The molecule has 0 fully saturated rings. The molecular weight excluding hydrogens is 462 g/mol. The highest BCUT2D eigenvalue weighted by Gasteiger charge is 2.20. The van der Waals surface area contributed by atoms with Gasteiger partial charge in [0.25, 0.3) is 0 Å². The third-order valence-electron chi connectivity index (χ3n) is 7.22. The number of hydrogen-bond donors (Lipinski definition) is 2. The number of nitrogens with one attached hydrogen (secondary N) is 1. The number of benzene rings is 2. The van der Waals surface area contributed by atoms with Crippen LogP contribution in [0.15, 0.2) is 42.7 Å². The summed E-state index contributed by atoms with van der Waals surface area (Å²) in [6.45, 7) is 4.97. The molecule has 0 unspecified atom stereocenters. The van der Waals surface area contributed by atoms with Crippen molar-refractivity contribution in [2.24, 2.45) is 0 Å². The van der Waals surface area contributed by atoms with Gasteiger partial charge in [0.1, 0.15) is 5.75 Å². The van der Waals surface area contributed by atoms with Gasteiger partial charge in [0.15, 0.2) is 0 Å². The average molecular weight is 500 g/mol. The molecule has 0 saturated heterocycles. The number of likely N-dealkylation sites (N-methyl/N-ethyl adjacent to an activating group) is 2. The minimum absolute atomic E-state index is 0.519. The van der Waals surface area contributed by atoms with E-state index in [1.165, 1.54) is 22.9 Å². The Balaban J connectivity index is 1.51. The van der Waals surface area contributed by atoms with E-state index in [4.69, 9.17) is 15.5 Å². The maximum atomic E-state index is 6.48. The Morgan fingerprint density at radius 2 is 2.00 bits per heavy atom. The van der Waals surface area contributed by atoms with Crippen molar-refractivity contribution in [3.63, 3.8) is 0 Å². The SMILES string of the molecule is CCc1cnc(Nc2cc(N)c(N(C)CCN(C)C)cc2OC)nc1-c1cn2c3c(cccc13)CCC2. The lowest BCUT2D eigenvalue weighted by Crippen LogP contribution is -2.29. The first-order valence-electron chi connectivity index (χ1n) is 13.0. The maximum Gasteiger partial charge on any atom is 0.227 e. The topological polar surface area (TPSA) is 84.5 Å². The molecule has 0 bridgehead atoms. The van der Waals surface area contributed by atoms with Gasteiger partial charge in [-0.15, -0.1) is 0 Å². The summed E-state index contributed by atoms with van der Waals surface area (Å²) in [4.78, 5) is 14.0. The number of aromatic nitrogens is 3. The zero-order chi connectivity index (χ0) is 26.1. The largest absolute Gasteiger partial charge is 0.494 e. The second-order valence-corrected chi connectivity index (χ2v) is 10.0. The molecule has 1 aliphatic heterocycles. The zero-order valence-corrected chi connectivity index (χ0v) is 22.5. The van der Waals surface area contributed by atoms with E-state index in [0.717, 1.165) is 60.7 Å². The van der Waals surface area contributed by atoms with E-state index in [1.807, 2.05) is 25.4 Å². The van der Waals surface area contributed by atoms with Crippen molar-refractivity contribution in [2.45, 2.75) is 32.7 Å². The highest BCUT2D eigenvalue weighted by atomic mass is 16.5. The van der Waals surface area contributed by atoms with Gasteiger partial charge in [-0.05, 0) is 50.6 Å². The van der Waals surface area contributed by atoms with Crippen LogP contribution in [0.1, 0.15) is 24.5 Å². The molecule has 4 aromatic rings. The van der Waals surface area contributed by atoms with Crippen LogP contribution in [-0.2, 0) is 19.4 Å². The molecule has 8 heteroatoms. The monoisotopic (exact) mass is 499 g/mol. The molecule has 0 atom stereocenters. The van der Waals surface area contributed by atoms with E-state index in [1.54, 1.807) is 7.11 Å². The fourth-order valence-electron chi connectivity index (χ4n) is 5.18. The summed E-state index contributed by atoms with van der Waals surface area (Å²) in [6.07, 6.45) is 7.33. The molecule has 194 valence electrons. The van der Waals surface area contributed by atoms with Crippen molar-refractivity contribution < 1.29 is 4.74 Å². The molecule has 5 rings (SSSR count). The molecule has 0 spiro atoms. The number of methoxy groups -OCH3 is 1. The summed E-state index contributed by atoms with van der Waals surface area (Å²) in [5, 5.41) is 4.63. The Kier molecular flexibility index (Phi) is 6.93. The van der Waals surface area contributed by atoms with Gasteiger partial charge in [-0.3, -0.25) is 0 Å². The number of anilines is 4. The van der Waals surface area contributed by atoms with Gasteiger partial charge in [0, 0.05) is 56.1 Å². The average Bonchev–Trinajstić information content (AvgIpc) is 3.28. The van der Waals surface area contributed by atoms with Crippen LogP contribution in [0.3, 0.4) is 0 Å². The molecular formula is C29H37N7O. The summed E-state index contributed by atoms with van der Waals surface area (Å²) >= 11 is 0. The number of ether oxygens (including phenoxy) is 1. The van der Waals surface area contributed by atoms with Crippen LogP contribution in [0.2, 0.25) is 0 Å². The van der Waals surface area contributed by atoms with E-state index >= 15 is 0 Å². The number of hydrogen-bond acceptors (Lipinski definition) is 7. The number of para-hydroxylation sites is 1. The molecule has 3 N–H and O–H groups in total. The molecule has 2 aromatic heterocycles. The van der Waals surface area contributed by atoms with Gasteiger partial charge in [0.2, 0.25) is 5.95 Å². The van der Waals surface area contributed by atoms with Crippen molar-refractivity contribution in [1.82, 2.24) is 19.4 Å². The normalized spacial score (nSPS) is 12.8. The van der Waals surface area contributed by atoms with Crippen LogP contribution >= 0.6 is 0 Å². The fourth-order valence-corrected chi connectivity index (χ4v) is 5.18. The summed E-state index contributed by atoms with van der Waals surface area (Å²) in [7, 11) is 7.83. The predicted octanol–water partition coefficient (Wildman–Crippen LogP) is 4.94. The van der Waals surface area contributed by atoms with E-state index in [0.29, 0.717) is 17.4 Å². The van der Waals surface area contributed by atoms with Gasteiger partial charge in [-0.2, -0.15) is 0 Å². The van der Waals surface area contributed by atoms with Crippen LogP contribution < -0.4 is 20.7 Å². The van der Waals surface area contributed by atoms with Gasteiger partial charge in [-0.25, -0.2) is 9.97 Å². The second-order valence-electron chi connectivity index (χ2n) is 10.0. The van der Waals surface area contributed by atoms with Crippen LogP contribution in [0.4, 0.5) is 23.0 Å². The minimum atomic E-state index is 0.519. The number of rotatable bonds is 9. The van der Waals surface area contributed by atoms with E-state index in [9.17, 15) is 0 Å². The molecule has 0 saturated carbocycles. The number of nitrogens with zero attached hydrogens (tertiary/aromatic N) is 5. The van der Waals surface area contributed by atoms with E-state index < -0.39 is 0 Å². The second kappa shape index (κ2) is 10.3. The maximum absolute atomic E-state index is 6.48. The smallest absolute Gasteiger partial charge is 0.227 e. The molecule has 0 aliphatic carbocycles. The first kappa shape index (κ1) is 24.9. The molecule has 2 aromatic carbocycles. The molecule has 0 radical (unpaired) electrons. The minimum Gasteiger partial charge on any atom is -0.494 e. The third kappa shape index (κ3) is 4.81. The van der Waals surface area contributed by atoms with Crippen LogP contribution in [0.25, 0.3) is 22.2 Å². The molecule has 3 heterocycles.